The average Bonchev–Trinajstić information content (AvgIpc) is 2.68. The highest BCUT2D eigenvalue weighted by Crippen LogP contribution is 2.27. The highest BCUT2D eigenvalue weighted by atomic mass is 16.5. The smallest absolute Gasteiger partial charge is 0.230 e. The molecule has 0 amide bonds. The maximum Gasteiger partial charge on any atom is 0.230 e. The van der Waals surface area contributed by atoms with Crippen molar-refractivity contribution >= 4 is 5.84 Å². The van der Waals surface area contributed by atoms with Crippen LogP contribution in [0.1, 0.15) is 22.3 Å². The van der Waals surface area contributed by atoms with Crippen molar-refractivity contribution in [2.24, 2.45) is 4.99 Å². The molecule has 0 saturated carbocycles. The molecule has 132 valence electrons. The Balaban J connectivity index is 1.91. The Kier molecular flexibility index (Phi) is 5.56. The molecule has 6 nitrogen and oxygen atoms in total. The first-order valence-corrected chi connectivity index (χ1v) is 8.22. The third-order valence-corrected chi connectivity index (χ3v) is 4.06. The third-order valence-electron chi connectivity index (χ3n) is 4.06. The largest absolute Gasteiger partial charge is 0.438 e. The van der Waals surface area contributed by atoms with Gasteiger partial charge in [0.2, 0.25) is 5.88 Å². The molecule has 0 atom stereocenters. The Morgan fingerprint density at radius 3 is 2.65 bits per heavy atom. The standard InChI is InChI=1S/C20H20N4O2/c1-14-5-3-7-18(15(14)2)26-20-17(6-4-10-22-20)19(24-25)23-13-16-8-11-21-12-9-16/h3-12,25H,13H2,1-2H3,(H,23,24). The summed E-state index contributed by atoms with van der Waals surface area (Å²) in [6.07, 6.45) is 5.05. The van der Waals surface area contributed by atoms with E-state index in [0.717, 1.165) is 22.4 Å². The van der Waals surface area contributed by atoms with Gasteiger partial charge in [-0.15, -0.1) is 0 Å². The van der Waals surface area contributed by atoms with E-state index >= 15 is 0 Å². The zero-order valence-electron chi connectivity index (χ0n) is 14.7. The quantitative estimate of drug-likeness (QED) is 0.416. The van der Waals surface area contributed by atoms with Crippen LogP contribution in [0.2, 0.25) is 0 Å². The molecule has 3 aromatic rings. The summed E-state index contributed by atoms with van der Waals surface area (Å²) in [7, 11) is 0. The highest BCUT2D eigenvalue weighted by Gasteiger charge is 2.13. The number of nitrogens with zero attached hydrogens (tertiary/aromatic N) is 3. The Morgan fingerprint density at radius 2 is 1.88 bits per heavy atom. The maximum atomic E-state index is 9.57. The average molecular weight is 348 g/mol. The van der Waals surface area contributed by atoms with Gasteiger partial charge in [-0.3, -0.25) is 20.7 Å². The van der Waals surface area contributed by atoms with Crippen molar-refractivity contribution in [3.63, 3.8) is 0 Å². The van der Waals surface area contributed by atoms with Crippen molar-refractivity contribution < 1.29 is 9.94 Å². The van der Waals surface area contributed by atoms with E-state index in [2.05, 4.69) is 20.4 Å². The van der Waals surface area contributed by atoms with Crippen LogP contribution in [0, 0.1) is 13.8 Å². The lowest BCUT2D eigenvalue weighted by Crippen LogP contribution is -2.21. The second-order valence-electron chi connectivity index (χ2n) is 5.79. The fourth-order valence-electron chi connectivity index (χ4n) is 2.43. The van der Waals surface area contributed by atoms with E-state index in [1.54, 1.807) is 30.7 Å². The van der Waals surface area contributed by atoms with Crippen LogP contribution in [-0.2, 0) is 6.54 Å². The first-order valence-electron chi connectivity index (χ1n) is 8.22. The van der Waals surface area contributed by atoms with Gasteiger partial charge >= 0.3 is 0 Å². The van der Waals surface area contributed by atoms with Crippen LogP contribution in [0.4, 0.5) is 0 Å². The fraction of sp³-hybridized carbons (Fsp3) is 0.150. The number of nitrogens with one attached hydrogen (secondary N) is 1. The Bertz CT molecular complexity index is 911. The van der Waals surface area contributed by atoms with Gasteiger partial charge in [-0.2, -0.15) is 0 Å². The van der Waals surface area contributed by atoms with Gasteiger partial charge in [0.05, 0.1) is 12.1 Å². The lowest BCUT2D eigenvalue weighted by Gasteiger charge is -2.13. The van der Waals surface area contributed by atoms with Gasteiger partial charge in [0.1, 0.15) is 5.75 Å². The summed E-state index contributed by atoms with van der Waals surface area (Å²) in [4.78, 5) is 12.7. The summed E-state index contributed by atoms with van der Waals surface area (Å²) in [5, 5.41) is 9.57. The van der Waals surface area contributed by atoms with E-state index in [0.29, 0.717) is 18.0 Å². The van der Waals surface area contributed by atoms with Crippen molar-refractivity contribution in [1.29, 1.82) is 0 Å². The van der Waals surface area contributed by atoms with Gasteiger partial charge < -0.3 is 4.74 Å². The lowest BCUT2D eigenvalue weighted by molar-refractivity contribution is 0.234. The number of ether oxygens (including phenoxy) is 1. The first-order chi connectivity index (χ1) is 12.7. The van der Waals surface area contributed by atoms with E-state index in [1.807, 2.05) is 44.2 Å². The van der Waals surface area contributed by atoms with Gasteiger partial charge in [-0.25, -0.2) is 4.98 Å². The van der Waals surface area contributed by atoms with Crippen molar-refractivity contribution in [1.82, 2.24) is 15.4 Å². The van der Waals surface area contributed by atoms with Crippen LogP contribution >= 0.6 is 0 Å². The predicted octanol–water partition coefficient (Wildman–Crippen LogP) is 3.81. The predicted molar refractivity (Wildman–Crippen MR) is 99.6 cm³/mol. The number of hydroxylamine groups is 1. The van der Waals surface area contributed by atoms with E-state index < -0.39 is 0 Å². The minimum absolute atomic E-state index is 0.287. The molecular weight excluding hydrogens is 328 g/mol. The van der Waals surface area contributed by atoms with Crippen LogP contribution in [0.5, 0.6) is 11.6 Å². The van der Waals surface area contributed by atoms with Gasteiger partial charge in [0.25, 0.3) is 0 Å². The number of pyridine rings is 2. The van der Waals surface area contributed by atoms with Crippen LogP contribution in [0.25, 0.3) is 0 Å². The molecule has 0 aliphatic rings. The molecule has 0 spiro atoms. The number of benzene rings is 1. The van der Waals surface area contributed by atoms with Crippen molar-refractivity contribution in [3.05, 3.63) is 83.3 Å². The van der Waals surface area contributed by atoms with Crippen LogP contribution in [0.15, 0.2) is 66.0 Å². The SMILES string of the molecule is Cc1cccc(Oc2ncccc2C(=NCc2ccncc2)NO)c1C. The second-order valence-corrected chi connectivity index (χ2v) is 5.79. The summed E-state index contributed by atoms with van der Waals surface area (Å²) in [5.41, 5.74) is 5.88. The van der Waals surface area contributed by atoms with Gasteiger partial charge in [0.15, 0.2) is 5.84 Å². The normalized spacial score (nSPS) is 11.3. The van der Waals surface area contributed by atoms with Gasteiger partial charge in [0, 0.05) is 18.6 Å². The first kappa shape index (κ1) is 17.6. The second kappa shape index (κ2) is 8.22. The zero-order valence-corrected chi connectivity index (χ0v) is 14.7. The summed E-state index contributed by atoms with van der Waals surface area (Å²) in [5.74, 6) is 1.38. The number of hydrogen-bond donors (Lipinski definition) is 2. The molecule has 3 rings (SSSR count). The van der Waals surface area contributed by atoms with Gasteiger partial charge in [-0.1, -0.05) is 12.1 Å². The Labute approximate surface area is 152 Å². The highest BCUT2D eigenvalue weighted by molar-refractivity contribution is 6.00. The van der Waals surface area contributed by atoms with Crippen LogP contribution < -0.4 is 10.2 Å². The molecule has 0 bridgehead atoms. The summed E-state index contributed by atoms with van der Waals surface area (Å²) >= 11 is 0. The molecule has 0 radical (unpaired) electrons. The number of rotatable bonds is 5. The molecule has 2 aromatic heterocycles. The minimum Gasteiger partial charge on any atom is -0.438 e. The topological polar surface area (TPSA) is 79.6 Å². The molecule has 0 aliphatic heterocycles. The van der Waals surface area contributed by atoms with Crippen molar-refractivity contribution in [2.75, 3.05) is 0 Å². The number of aliphatic imine (C=N–C) groups is 1. The van der Waals surface area contributed by atoms with E-state index in [9.17, 15) is 5.21 Å². The molecule has 2 heterocycles. The van der Waals surface area contributed by atoms with Crippen LogP contribution in [0.3, 0.4) is 0 Å². The monoisotopic (exact) mass is 348 g/mol. The molecule has 0 unspecified atom stereocenters. The van der Waals surface area contributed by atoms with E-state index in [1.165, 1.54) is 0 Å². The van der Waals surface area contributed by atoms with Gasteiger partial charge in [-0.05, 0) is 60.9 Å². The molecule has 1 aromatic carbocycles. The molecule has 0 fully saturated rings. The van der Waals surface area contributed by atoms with Crippen LogP contribution in [-0.4, -0.2) is 21.0 Å². The third kappa shape index (κ3) is 4.04. The summed E-state index contributed by atoms with van der Waals surface area (Å²) in [6.45, 7) is 4.41. The van der Waals surface area contributed by atoms with Crippen molar-refractivity contribution in [3.8, 4) is 11.6 Å². The number of amidine groups is 1. The summed E-state index contributed by atoms with van der Waals surface area (Å²) in [6, 6.07) is 13.2. The number of aryl methyl sites for hydroxylation is 1. The molecular formula is C20H20N4O2. The van der Waals surface area contributed by atoms with E-state index in [4.69, 9.17) is 4.74 Å². The maximum absolute atomic E-state index is 9.57. The fourth-order valence-corrected chi connectivity index (χ4v) is 2.43. The molecule has 0 saturated heterocycles. The molecule has 6 heteroatoms. The number of hydrogen-bond acceptors (Lipinski definition) is 5. The Morgan fingerprint density at radius 1 is 1.08 bits per heavy atom. The van der Waals surface area contributed by atoms with E-state index in [-0.39, 0.29) is 5.84 Å². The molecule has 0 aliphatic carbocycles. The minimum atomic E-state index is 0.287. The Hall–Kier alpha value is -3.25. The lowest BCUT2D eigenvalue weighted by atomic mass is 10.1. The van der Waals surface area contributed by atoms with Crippen molar-refractivity contribution in [2.45, 2.75) is 20.4 Å². The summed E-state index contributed by atoms with van der Waals surface area (Å²) < 4.78 is 6.00. The molecule has 26 heavy (non-hydrogen) atoms. The number of aromatic nitrogens is 2. The molecule has 2 N–H and O–H groups in total. The zero-order chi connectivity index (χ0) is 18.4.